The Morgan fingerprint density at radius 3 is 2.33 bits per heavy atom. The molecular formula is C16H12F3NO4. The number of anilines is 1. The number of carboxylic acid groups (broad SMARTS) is 1. The number of aromatic carboxylic acids is 1. The lowest BCUT2D eigenvalue weighted by atomic mass is 10.1. The van der Waals surface area contributed by atoms with Crippen molar-refractivity contribution in [3.8, 4) is 0 Å². The number of hydrogen-bond acceptors (Lipinski definition) is 3. The van der Waals surface area contributed by atoms with Crippen molar-refractivity contribution < 1.29 is 32.6 Å². The molecule has 1 amide bonds. The standard InChI is InChI=1S/C16H12F3NO4/c17-16(18,19)11-6-7-13(12(8-11)14(21)22)20-15(23)24-9-10-4-2-1-3-5-10/h1-8H,9H2,(H,20,23)(H,21,22). The predicted octanol–water partition coefficient (Wildman–Crippen LogP) is 4.15. The molecule has 0 unspecified atom stereocenters. The van der Waals surface area contributed by atoms with E-state index in [4.69, 9.17) is 9.84 Å². The van der Waals surface area contributed by atoms with Crippen LogP contribution in [0.25, 0.3) is 0 Å². The first-order valence-electron chi connectivity index (χ1n) is 6.69. The van der Waals surface area contributed by atoms with E-state index in [1.165, 1.54) is 0 Å². The highest BCUT2D eigenvalue weighted by Crippen LogP contribution is 2.32. The lowest BCUT2D eigenvalue weighted by molar-refractivity contribution is -0.137. The Labute approximate surface area is 134 Å². The first kappa shape index (κ1) is 17.3. The van der Waals surface area contributed by atoms with Crippen LogP contribution in [0.15, 0.2) is 48.5 Å². The quantitative estimate of drug-likeness (QED) is 0.877. The maximum atomic E-state index is 12.6. The van der Waals surface area contributed by atoms with Crippen molar-refractivity contribution in [1.82, 2.24) is 0 Å². The molecule has 0 bridgehead atoms. The zero-order valence-corrected chi connectivity index (χ0v) is 12.1. The van der Waals surface area contributed by atoms with Crippen molar-refractivity contribution >= 4 is 17.7 Å². The highest BCUT2D eigenvalue weighted by Gasteiger charge is 2.32. The average molecular weight is 339 g/mol. The molecule has 0 fully saturated rings. The van der Waals surface area contributed by atoms with Crippen LogP contribution < -0.4 is 5.32 Å². The highest BCUT2D eigenvalue weighted by atomic mass is 19.4. The third-order valence-electron chi connectivity index (χ3n) is 3.03. The molecular weight excluding hydrogens is 327 g/mol. The minimum atomic E-state index is -4.68. The second-order valence-corrected chi connectivity index (χ2v) is 4.75. The number of benzene rings is 2. The van der Waals surface area contributed by atoms with E-state index < -0.39 is 29.4 Å². The Hall–Kier alpha value is -3.03. The summed E-state index contributed by atoms with van der Waals surface area (Å²) >= 11 is 0. The molecule has 5 nitrogen and oxygen atoms in total. The van der Waals surface area contributed by atoms with Crippen LogP contribution >= 0.6 is 0 Å². The number of amides is 1. The third-order valence-corrected chi connectivity index (χ3v) is 3.03. The molecule has 0 spiro atoms. The highest BCUT2D eigenvalue weighted by molar-refractivity contribution is 5.98. The van der Waals surface area contributed by atoms with Gasteiger partial charge in [0.1, 0.15) is 6.61 Å². The molecule has 0 radical (unpaired) electrons. The minimum absolute atomic E-state index is 0.0598. The van der Waals surface area contributed by atoms with Gasteiger partial charge < -0.3 is 9.84 Å². The van der Waals surface area contributed by atoms with E-state index >= 15 is 0 Å². The van der Waals surface area contributed by atoms with E-state index in [-0.39, 0.29) is 12.3 Å². The van der Waals surface area contributed by atoms with Crippen LogP contribution in [0, 0.1) is 0 Å². The SMILES string of the molecule is O=C(Nc1ccc(C(F)(F)F)cc1C(=O)O)OCc1ccccc1. The summed E-state index contributed by atoms with van der Waals surface area (Å²) < 4.78 is 42.8. The predicted molar refractivity (Wildman–Crippen MR) is 78.7 cm³/mol. The average Bonchev–Trinajstić information content (AvgIpc) is 2.53. The van der Waals surface area contributed by atoms with Gasteiger partial charge in [-0.15, -0.1) is 0 Å². The summed E-state index contributed by atoms with van der Waals surface area (Å²) in [5.41, 5.74) is -1.38. The third kappa shape index (κ3) is 4.48. The van der Waals surface area contributed by atoms with Crippen molar-refractivity contribution in [2.75, 3.05) is 5.32 Å². The molecule has 2 rings (SSSR count). The van der Waals surface area contributed by atoms with Crippen molar-refractivity contribution in [2.45, 2.75) is 12.8 Å². The summed E-state index contributed by atoms with van der Waals surface area (Å²) in [6.07, 6.45) is -5.66. The number of halogens is 3. The molecule has 2 aromatic carbocycles. The summed E-state index contributed by atoms with van der Waals surface area (Å²) in [7, 11) is 0. The number of alkyl halides is 3. The minimum Gasteiger partial charge on any atom is -0.478 e. The van der Waals surface area contributed by atoms with Crippen LogP contribution in [0.3, 0.4) is 0 Å². The van der Waals surface area contributed by atoms with Gasteiger partial charge in [0.25, 0.3) is 0 Å². The molecule has 0 aliphatic carbocycles. The van der Waals surface area contributed by atoms with Gasteiger partial charge in [-0.25, -0.2) is 9.59 Å². The number of nitrogens with one attached hydrogen (secondary N) is 1. The summed E-state index contributed by atoms with van der Waals surface area (Å²) in [4.78, 5) is 22.8. The maximum Gasteiger partial charge on any atom is 0.416 e. The van der Waals surface area contributed by atoms with Gasteiger partial charge in [0.15, 0.2) is 0 Å². The molecule has 8 heteroatoms. The van der Waals surface area contributed by atoms with E-state index in [1.54, 1.807) is 30.3 Å². The number of rotatable bonds is 4. The molecule has 126 valence electrons. The Bertz CT molecular complexity index is 745. The zero-order chi connectivity index (χ0) is 17.7. The Balaban J connectivity index is 2.11. The fourth-order valence-corrected chi connectivity index (χ4v) is 1.88. The largest absolute Gasteiger partial charge is 0.478 e. The van der Waals surface area contributed by atoms with Crippen LogP contribution in [-0.2, 0) is 17.5 Å². The fourth-order valence-electron chi connectivity index (χ4n) is 1.88. The molecule has 0 saturated heterocycles. The van der Waals surface area contributed by atoms with Gasteiger partial charge in [-0.1, -0.05) is 30.3 Å². The zero-order valence-electron chi connectivity index (χ0n) is 12.1. The van der Waals surface area contributed by atoms with Gasteiger partial charge in [0, 0.05) is 0 Å². The Morgan fingerprint density at radius 2 is 1.75 bits per heavy atom. The Morgan fingerprint density at radius 1 is 1.08 bits per heavy atom. The van der Waals surface area contributed by atoms with E-state index in [0.29, 0.717) is 17.7 Å². The summed E-state index contributed by atoms with van der Waals surface area (Å²) in [6.45, 7) is -0.0598. The van der Waals surface area contributed by atoms with Crippen LogP contribution in [0.1, 0.15) is 21.5 Å². The molecule has 0 saturated carbocycles. The van der Waals surface area contributed by atoms with Crippen LogP contribution in [0.4, 0.5) is 23.7 Å². The number of hydrogen-bond donors (Lipinski definition) is 2. The molecule has 2 N–H and O–H groups in total. The van der Waals surface area contributed by atoms with Gasteiger partial charge in [-0.3, -0.25) is 5.32 Å². The maximum absolute atomic E-state index is 12.6. The normalized spacial score (nSPS) is 11.0. The number of ether oxygens (including phenoxy) is 1. The summed E-state index contributed by atoms with van der Waals surface area (Å²) in [6, 6.07) is 10.7. The first-order chi connectivity index (χ1) is 11.3. The molecule has 0 aromatic heterocycles. The van der Waals surface area contributed by atoms with E-state index in [0.717, 1.165) is 6.07 Å². The first-order valence-corrected chi connectivity index (χ1v) is 6.69. The number of carboxylic acids is 1. The molecule has 24 heavy (non-hydrogen) atoms. The van der Waals surface area contributed by atoms with Crippen molar-refractivity contribution in [2.24, 2.45) is 0 Å². The van der Waals surface area contributed by atoms with Gasteiger partial charge in [0.2, 0.25) is 0 Å². The molecule has 0 heterocycles. The molecule has 0 atom stereocenters. The summed E-state index contributed by atoms with van der Waals surface area (Å²) in [5.74, 6) is -1.60. The number of carbonyl (C=O) groups excluding carboxylic acids is 1. The number of carbonyl (C=O) groups is 2. The van der Waals surface area contributed by atoms with E-state index in [2.05, 4.69) is 5.32 Å². The van der Waals surface area contributed by atoms with Crippen LogP contribution in [0.5, 0.6) is 0 Å². The second kappa shape index (κ2) is 7.03. The molecule has 2 aromatic rings. The summed E-state index contributed by atoms with van der Waals surface area (Å²) in [5, 5.41) is 11.1. The molecule has 0 aliphatic rings. The smallest absolute Gasteiger partial charge is 0.416 e. The van der Waals surface area contributed by atoms with Gasteiger partial charge in [-0.05, 0) is 23.8 Å². The molecule has 0 aliphatic heterocycles. The second-order valence-electron chi connectivity index (χ2n) is 4.75. The monoisotopic (exact) mass is 339 g/mol. The van der Waals surface area contributed by atoms with Crippen molar-refractivity contribution in [1.29, 1.82) is 0 Å². The van der Waals surface area contributed by atoms with Crippen molar-refractivity contribution in [3.05, 3.63) is 65.2 Å². The van der Waals surface area contributed by atoms with Crippen molar-refractivity contribution in [3.63, 3.8) is 0 Å². The van der Waals surface area contributed by atoms with Gasteiger partial charge >= 0.3 is 18.2 Å². The van der Waals surface area contributed by atoms with Gasteiger partial charge in [-0.2, -0.15) is 13.2 Å². The van der Waals surface area contributed by atoms with Crippen LogP contribution in [-0.4, -0.2) is 17.2 Å². The lowest BCUT2D eigenvalue weighted by Crippen LogP contribution is -2.17. The van der Waals surface area contributed by atoms with Crippen LogP contribution in [0.2, 0.25) is 0 Å². The fraction of sp³-hybridized carbons (Fsp3) is 0.125. The van der Waals surface area contributed by atoms with Gasteiger partial charge in [0.05, 0.1) is 16.8 Å². The van der Waals surface area contributed by atoms with E-state index in [1.807, 2.05) is 0 Å². The topological polar surface area (TPSA) is 75.6 Å². The Kier molecular flexibility index (Phi) is 5.08. The van der Waals surface area contributed by atoms with E-state index in [9.17, 15) is 22.8 Å². The lowest BCUT2D eigenvalue weighted by Gasteiger charge is -2.12.